The Morgan fingerprint density at radius 1 is 1.10 bits per heavy atom. The Balaban J connectivity index is 1.38. The number of fused-ring (bicyclic) bond motifs is 10. The van der Waals surface area contributed by atoms with Crippen molar-refractivity contribution in [3.63, 3.8) is 0 Å². The van der Waals surface area contributed by atoms with Crippen molar-refractivity contribution in [1.82, 2.24) is 19.7 Å². The van der Waals surface area contributed by atoms with E-state index in [1.54, 1.807) is 6.92 Å². The molecule has 1 aromatic heterocycles. The van der Waals surface area contributed by atoms with E-state index in [-0.39, 0.29) is 36.3 Å². The lowest BCUT2D eigenvalue weighted by Gasteiger charge is -2.60. The number of phenolic OH excluding ortho intramolecular Hbond substituents is 1. The van der Waals surface area contributed by atoms with Crippen molar-refractivity contribution in [2.24, 2.45) is 0 Å². The predicted octanol–water partition coefficient (Wildman–Crippen LogP) is 3.13. The van der Waals surface area contributed by atoms with Crippen LogP contribution in [0.5, 0.6) is 28.7 Å². The maximum atomic E-state index is 13.8. The molecule has 0 aliphatic carbocycles. The highest BCUT2D eigenvalue weighted by Crippen LogP contribution is 2.58. The zero-order valence-electron chi connectivity index (χ0n) is 27.1. The first-order valence-electron chi connectivity index (χ1n) is 15.8. The van der Waals surface area contributed by atoms with Gasteiger partial charge in [-0.15, -0.1) is 0 Å². The van der Waals surface area contributed by atoms with Crippen molar-refractivity contribution in [1.29, 1.82) is 5.26 Å². The lowest BCUT2D eigenvalue weighted by molar-refractivity contribution is -0.132. The molecule has 1 N–H and O–H groups in total. The number of aromatic nitrogens is 1. The number of carbonyl (C=O) groups is 3. The number of carbonyl (C=O) groups excluding carboxylic acids is 3. The summed E-state index contributed by atoms with van der Waals surface area (Å²) in [7, 11) is 3.47. The number of methoxy groups -OCH3 is 1. The molecular weight excluding hydrogens is 618 g/mol. The van der Waals surface area contributed by atoms with Crippen LogP contribution in [0.1, 0.15) is 73.1 Å². The smallest absolute Gasteiger partial charge is 0.308 e. The summed E-state index contributed by atoms with van der Waals surface area (Å²) >= 11 is 0. The van der Waals surface area contributed by atoms with Crippen LogP contribution in [-0.4, -0.2) is 88.2 Å². The second kappa shape index (κ2) is 10.7. The van der Waals surface area contributed by atoms with Crippen LogP contribution < -0.4 is 18.9 Å². The molecular formula is C35H33N5O8. The molecule has 1 saturated heterocycles. The molecule has 5 aliphatic rings. The van der Waals surface area contributed by atoms with E-state index in [1.807, 2.05) is 20.0 Å². The molecule has 0 saturated carbocycles. The molecule has 2 aromatic carbocycles. The highest BCUT2D eigenvalue weighted by Gasteiger charge is 2.57. The van der Waals surface area contributed by atoms with E-state index in [1.165, 1.54) is 37.4 Å². The number of esters is 1. The normalized spacial score (nSPS) is 25.2. The minimum Gasteiger partial charge on any atom is -0.504 e. The molecule has 2 amide bonds. The zero-order chi connectivity index (χ0) is 33.8. The van der Waals surface area contributed by atoms with E-state index < -0.39 is 42.0 Å². The molecule has 48 heavy (non-hydrogen) atoms. The number of nitrogens with zero attached hydrogens (tertiary/aromatic N) is 5. The number of aryl methyl sites for hydroxylation is 1. The Hall–Kier alpha value is -5.19. The maximum Gasteiger partial charge on any atom is 0.308 e. The largest absolute Gasteiger partial charge is 0.504 e. The first kappa shape index (κ1) is 30.2. The van der Waals surface area contributed by atoms with Gasteiger partial charge in [0.1, 0.15) is 11.8 Å². The number of hydrogen-bond acceptors (Lipinski definition) is 12. The lowest BCUT2D eigenvalue weighted by Crippen LogP contribution is -2.68. The summed E-state index contributed by atoms with van der Waals surface area (Å²) in [4.78, 5) is 49.5. The molecule has 3 aromatic rings. The number of imide groups is 1. The number of amides is 2. The topological polar surface area (TPSA) is 155 Å². The first-order chi connectivity index (χ1) is 23.1. The third kappa shape index (κ3) is 3.96. The Morgan fingerprint density at radius 3 is 2.56 bits per heavy atom. The molecule has 13 heteroatoms. The molecule has 1 fully saturated rings. The quantitative estimate of drug-likeness (QED) is 0.250. The van der Waals surface area contributed by atoms with Crippen LogP contribution in [0.4, 0.5) is 0 Å². The van der Waals surface area contributed by atoms with Crippen molar-refractivity contribution in [2.45, 2.75) is 63.8 Å². The number of aromatic hydroxyl groups is 1. The Labute approximate surface area is 276 Å². The predicted molar refractivity (Wildman–Crippen MR) is 167 cm³/mol. The minimum atomic E-state index is -0.765. The van der Waals surface area contributed by atoms with Gasteiger partial charge in [0.2, 0.25) is 6.79 Å². The second-order valence-electron chi connectivity index (χ2n) is 13.0. The van der Waals surface area contributed by atoms with E-state index >= 15 is 0 Å². The fourth-order valence-electron chi connectivity index (χ4n) is 8.76. The highest BCUT2D eigenvalue weighted by atomic mass is 16.7. The Kier molecular flexibility index (Phi) is 6.70. The third-order valence-electron chi connectivity index (χ3n) is 10.6. The van der Waals surface area contributed by atoms with Crippen LogP contribution in [0, 0.1) is 25.2 Å². The van der Waals surface area contributed by atoms with Gasteiger partial charge in [-0.25, -0.2) is 0 Å². The fourth-order valence-corrected chi connectivity index (χ4v) is 8.76. The number of hydrogen-bond donors (Lipinski definition) is 1. The molecule has 6 heterocycles. The summed E-state index contributed by atoms with van der Waals surface area (Å²) in [5, 5.41) is 22.6. The van der Waals surface area contributed by atoms with Crippen LogP contribution in [0.25, 0.3) is 0 Å². The maximum absolute atomic E-state index is 13.8. The van der Waals surface area contributed by atoms with Gasteiger partial charge in [0.25, 0.3) is 11.8 Å². The van der Waals surface area contributed by atoms with Crippen LogP contribution in [-0.2, 0) is 17.6 Å². The second-order valence-corrected chi connectivity index (χ2v) is 13.0. The van der Waals surface area contributed by atoms with Crippen molar-refractivity contribution in [2.75, 3.05) is 27.5 Å². The van der Waals surface area contributed by atoms with Crippen LogP contribution in [0.2, 0.25) is 0 Å². The fraction of sp³-hybridized carbons (Fsp3) is 0.400. The van der Waals surface area contributed by atoms with Gasteiger partial charge < -0.3 is 24.1 Å². The van der Waals surface area contributed by atoms with E-state index in [0.29, 0.717) is 58.1 Å². The Morgan fingerprint density at radius 2 is 1.85 bits per heavy atom. The van der Waals surface area contributed by atoms with Crippen molar-refractivity contribution < 1.29 is 38.4 Å². The summed E-state index contributed by atoms with van der Waals surface area (Å²) in [6.07, 6.45) is 3.63. The SMILES string of the molecule is COc1c(C)cc2c(c1O)[C@@H]1[C@@H]3Cc4c(OC(C)=O)c(C)c5c(c4[C@H](CN4C(=O)c6ccncc6C4=O)N3[C@@H](C#N)[C@H](C2)N1C)OCO5. The molecule has 5 aliphatic heterocycles. The summed E-state index contributed by atoms with van der Waals surface area (Å²) in [6, 6.07) is 3.44. The number of likely N-dealkylation sites (N-methyl/N-ethyl adjacent to an activating group) is 1. The van der Waals surface area contributed by atoms with Gasteiger partial charge in [-0.05, 0) is 50.9 Å². The van der Waals surface area contributed by atoms with Crippen LogP contribution >= 0.6 is 0 Å². The number of rotatable bonds is 4. The molecule has 2 bridgehead atoms. The van der Waals surface area contributed by atoms with Crippen LogP contribution in [0.3, 0.4) is 0 Å². The first-order valence-corrected chi connectivity index (χ1v) is 15.8. The van der Waals surface area contributed by atoms with Gasteiger partial charge >= 0.3 is 5.97 Å². The van der Waals surface area contributed by atoms with Gasteiger partial charge in [-0.1, -0.05) is 6.07 Å². The lowest BCUT2D eigenvalue weighted by atomic mass is 9.71. The number of piperazine rings is 1. The average Bonchev–Trinajstić information content (AvgIpc) is 3.64. The third-order valence-corrected chi connectivity index (χ3v) is 10.6. The average molecular weight is 652 g/mol. The molecule has 13 nitrogen and oxygen atoms in total. The van der Waals surface area contributed by atoms with Crippen molar-refractivity contribution >= 4 is 17.8 Å². The van der Waals surface area contributed by atoms with Gasteiger partial charge in [0.15, 0.2) is 23.0 Å². The van der Waals surface area contributed by atoms with Gasteiger partial charge in [-0.2, -0.15) is 5.26 Å². The van der Waals surface area contributed by atoms with E-state index in [4.69, 9.17) is 18.9 Å². The molecule has 246 valence electrons. The van der Waals surface area contributed by atoms with E-state index in [2.05, 4.69) is 20.9 Å². The van der Waals surface area contributed by atoms with Gasteiger partial charge in [0, 0.05) is 60.2 Å². The number of phenols is 1. The number of nitriles is 1. The van der Waals surface area contributed by atoms with Crippen molar-refractivity contribution in [3.8, 4) is 34.8 Å². The summed E-state index contributed by atoms with van der Waals surface area (Å²) in [6.45, 7) is 4.80. The summed E-state index contributed by atoms with van der Waals surface area (Å²) in [5.74, 6) is 0.0948. The zero-order valence-corrected chi connectivity index (χ0v) is 27.1. The van der Waals surface area contributed by atoms with Gasteiger partial charge in [0.05, 0.1) is 36.4 Å². The molecule has 0 radical (unpaired) electrons. The van der Waals surface area contributed by atoms with Crippen LogP contribution in [0.15, 0.2) is 24.5 Å². The summed E-state index contributed by atoms with van der Waals surface area (Å²) < 4.78 is 23.5. The number of ether oxygens (including phenoxy) is 4. The van der Waals surface area contributed by atoms with E-state index in [9.17, 15) is 24.8 Å². The van der Waals surface area contributed by atoms with E-state index in [0.717, 1.165) is 11.1 Å². The Bertz CT molecular complexity index is 1970. The minimum absolute atomic E-state index is 0.0374. The standard InChI is InChI=1S/C35H33N5O8/c1-15-8-18-9-22-24(11-36)40-23(28(38(22)4)26(18)29(42)30(15)45-5)10-20-27(33-32(46-14-47-33)16(2)31(20)48-17(3)41)25(40)13-39-34(43)19-6-7-37-12-21(19)35(39)44/h6-8,12,22-25,28,42H,9-10,13-14H2,1-5H3/t22-,23-,24-,25-,28-/m0/s1. The summed E-state index contributed by atoms with van der Waals surface area (Å²) in [5.41, 5.74) is 4.71. The molecule has 8 rings (SSSR count). The highest BCUT2D eigenvalue weighted by molar-refractivity contribution is 6.21. The molecule has 0 spiro atoms. The molecule has 0 unspecified atom stereocenters. The van der Waals surface area contributed by atoms with Gasteiger partial charge in [-0.3, -0.25) is 34.1 Å². The van der Waals surface area contributed by atoms with Crippen molar-refractivity contribution in [3.05, 3.63) is 69.0 Å². The number of benzene rings is 2. The molecule has 5 atom stereocenters. The monoisotopic (exact) mass is 651 g/mol. The number of pyridine rings is 1.